The van der Waals surface area contributed by atoms with Crippen molar-refractivity contribution in [2.24, 2.45) is 0 Å². The summed E-state index contributed by atoms with van der Waals surface area (Å²) in [5.41, 5.74) is 0. The number of hydrogen-bond donors (Lipinski definition) is 2. The van der Waals surface area contributed by atoms with E-state index in [1.54, 1.807) is 7.05 Å². The van der Waals surface area contributed by atoms with Crippen LogP contribution in [0.3, 0.4) is 0 Å². The summed E-state index contributed by atoms with van der Waals surface area (Å²) < 4.78 is 0. The van der Waals surface area contributed by atoms with E-state index in [1.807, 2.05) is 6.92 Å². The molecule has 1 atom stereocenters. The van der Waals surface area contributed by atoms with Gasteiger partial charge in [-0.1, -0.05) is 13.8 Å². The zero-order valence-electron chi connectivity index (χ0n) is 8.71. The van der Waals surface area contributed by atoms with E-state index in [4.69, 9.17) is 0 Å². The number of thiol groups is 1. The van der Waals surface area contributed by atoms with E-state index in [0.717, 1.165) is 19.5 Å². The molecule has 0 fully saturated rings. The molecule has 0 aliphatic rings. The van der Waals surface area contributed by atoms with Gasteiger partial charge >= 0.3 is 0 Å². The summed E-state index contributed by atoms with van der Waals surface area (Å²) in [7, 11) is 1.66. The largest absolute Gasteiger partial charge is 0.358 e. The van der Waals surface area contributed by atoms with Crippen LogP contribution in [0.1, 0.15) is 20.3 Å². The summed E-state index contributed by atoms with van der Waals surface area (Å²) >= 11 is 4.31. The molecule has 0 aliphatic carbocycles. The molecule has 1 N–H and O–H groups in total. The van der Waals surface area contributed by atoms with Gasteiger partial charge in [0.25, 0.3) is 0 Å². The molecule has 13 heavy (non-hydrogen) atoms. The monoisotopic (exact) mass is 204 g/mol. The molecule has 78 valence electrons. The third-order valence-electron chi connectivity index (χ3n) is 1.71. The van der Waals surface area contributed by atoms with Crippen molar-refractivity contribution >= 4 is 18.5 Å². The number of rotatable bonds is 6. The fourth-order valence-corrected chi connectivity index (χ4v) is 1.44. The fourth-order valence-electron chi connectivity index (χ4n) is 1.21. The molecule has 0 heterocycles. The van der Waals surface area contributed by atoms with E-state index in [2.05, 4.69) is 29.8 Å². The highest BCUT2D eigenvalue weighted by atomic mass is 32.1. The molecular formula is C9H20N2OS. The maximum atomic E-state index is 11.1. The lowest BCUT2D eigenvalue weighted by molar-refractivity contribution is -0.121. The summed E-state index contributed by atoms with van der Waals surface area (Å²) in [4.78, 5) is 13.2. The Morgan fingerprint density at radius 3 is 2.62 bits per heavy atom. The van der Waals surface area contributed by atoms with Crippen molar-refractivity contribution < 1.29 is 4.79 Å². The van der Waals surface area contributed by atoms with Crippen LogP contribution in [-0.4, -0.2) is 42.7 Å². The van der Waals surface area contributed by atoms with Crippen LogP contribution in [0.25, 0.3) is 0 Å². The predicted molar refractivity (Wildman–Crippen MR) is 59.2 cm³/mol. The van der Waals surface area contributed by atoms with Crippen molar-refractivity contribution in [2.45, 2.75) is 25.5 Å². The lowest BCUT2D eigenvalue weighted by Crippen LogP contribution is -2.38. The Hall–Kier alpha value is -0.220. The fraction of sp³-hybridized carbons (Fsp3) is 0.889. The molecule has 0 unspecified atom stereocenters. The van der Waals surface area contributed by atoms with Gasteiger partial charge in [0.05, 0.1) is 6.54 Å². The molecule has 3 nitrogen and oxygen atoms in total. The average Bonchev–Trinajstić information content (AvgIpc) is 2.03. The van der Waals surface area contributed by atoms with E-state index < -0.39 is 0 Å². The molecule has 4 heteroatoms. The van der Waals surface area contributed by atoms with Crippen LogP contribution >= 0.6 is 12.6 Å². The SMILES string of the molecule is CCCN(CC(=O)NC)C[C@H](C)S. The van der Waals surface area contributed by atoms with Crippen molar-refractivity contribution in [3.63, 3.8) is 0 Å². The summed E-state index contributed by atoms with van der Waals surface area (Å²) in [5.74, 6) is 0.0717. The molecule has 0 saturated heterocycles. The van der Waals surface area contributed by atoms with Crippen LogP contribution in [0.15, 0.2) is 0 Å². The highest BCUT2D eigenvalue weighted by Crippen LogP contribution is 1.99. The molecule has 0 rings (SSSR count). The van der Waals surface area contributed by atoms with Crippen molar-refractivity contribution in [1.29, 1.82) is 0 Å². The number of nitrogens with zero attached hydrogens (tertiary/aromatic N) is 1. The Labute approximate surface area is 86.3 Å². The van der Waals surface area contributed by atoms with Gasteiger partial charge in [-0.05, 0) is 13.0 Å². The van der Waals surface area contributed by atoms with Crippen LogP contribution < -0.4 is 5.32 Å². The second-order valence-electron chi connectivity index (χ2n) is 3.26. The number of carbonyl (C=O) groups excluding carboxylic acids is 1. The Balaban J connectivity index is 3.86. The van der Waals surface area contributed by atoms with E-state index >= 15 is 0 Å². The minimum atomic E-state index is 0.0717. The van der Waals surface area contributed by atoms with Gasteiger partial charge in [-0.15, -0.1) is 0 Å². The molecule has 1 amide bonds. The molecule has 0 aliphatic heterocycles. The zero-order valence-corrected chi connectivity index (χ0v) is 9.60. The second-order valence-corrected chi connectivity index (χ2v) is 4.14. The Morgan fingerprint density at radius 1 is 1.62 bits per heavy atom. The Morgan fingerprint density at radius 2 is 2.23 bits per heavy atom. The molecule has 0 aromatic carbocycles. The quantitative estimate of drug-likeness (QED) is 0.626. The number of hydrogen-bond acceptors (Lipinski definition) is 3. The van der Waals surface area contributed by atoms with Crippen molar-refractivity contribution in [2.75, 3.05) is 26.7 Å². The lowest BCUT2D eigenvalue weighted by atomic mass is 10.3. The third-order valence-corrected chi connectivity index (χ3v) is 1.87. The summed E-state index contributed by atoms with van der Waals surface area (Å²) in [6, 6.07) is 0. The Bertz CT molecular complexity index is 151. The lowest BCUT2D eigenvalue weighted by Gasteiger charge is -2.22. The minimum absolute atomic E-state index is 0.0717. The third kappa shape index (κ3) is 6.90. The highest BCUT2D eigenvalue weighted by Gasteiger charge is 2.09. The first-order valence-electron chi connectivity index (χ1n) is 4.71. The van der Waals surface area contributed by atoms with Gasteiger partial charge in [-0.3, -0.25) is 9.69 Å². The zero-order chi connectivity index (χ0) is 10.3. The van der Waals surface area contributed by atoms with Crippen molar-refractivity contribution in [3.8, 4) is 0 Å². The van der Waals surface area contributed by atoms with Gasteiger partial charge in [-0.25, -0.2) is 0 Å². The molecule has 0 radical (unpaired) electrons. The maximum absolute atomic E-state index is 11.1. The number of likely N-dealkylation sites (N-methyl/N-ethyl adjacent to an activating group) is 1. The van der Waals surface area contributed by atoms with E-state index in [1.165, 1.54) is 0 Å². The van der Waals surface area contributed by atoms with Crippen LogP contribution in [0.2, 0.25) is 0 Å². The molecule has 0 bridgehead atoms. The number of nitrogens with one attached hydrogen (secondary N) is 1. The van der Waals surface area contributed by atoms with Gasteiger partial charge in [0.1, 0.15) is 0 Å². The normalized spacial score (nSPS) is 13.0. The Kier molecular flexibility index (Phi) is 7.09. The van der Waals surface area contributed by atoms with E-state index in [-0.39, 0.29) is 5.91 Å². The molecule has 0 spiro atoms. The van der Waals surface area contributed by atoms with Gasteiger partial charge in [0.2, 0.25) is 5.91 Å². The van der Waals surface area contributed by atoms with Gasteiger partial charge in [0.15, 0.2) is 0 Å². The molecule has 0 aromatic rings. The smallest absolute Gasteiger partial charge is 0.233 e. The first-order valence-corrected chi connectivity index (χ1v) is 5.22. The average molecular weight is 204 g/mol. The van der Waals surface area contributed by atoms with Crippen molar-refractivity contribution in [1.82, 2.24) is 10.2 Å². The molecule has 0 saturated carbocycles. The maximum Gasteiger partial charge on any atom is 0.233 e. The van der Waals surface area contributed by atoms with Gasteiger partial charge in [0, 0.05) is 18.8 Å². The summed E-state index contributed by atoms with van der Waals surface area (Å²) in [5, 5.41) is 2.94. The first-order chi connectivity index (χ1) is 6.10. The van der Waals surface area contributed by atoms with Crippen LogP contribution in [0.5, 0.6) is 0 Å². The standard InChI is InChI=1S/C9H20N2OS/c1-4-5-11(6-8(2)13)7-9(12)10-3/h8,13H,4-7H2,1-3H3,(H,10,12)/t8-/m0/s1. The predicted octanol–water partition coefficient (Wildman–Crippen LogP) is 0.763. The van der Waals surface area contributed by atoms with Gasteiger partial charge in [-0.2, -0.15) is 12.6 Å². The van der Waals surface area contributed by atoms with Crippen LogP contribution in [-0.2, 0) is 4.79 Å². The highest BCUT2D eigenvalue weighted by molar-refractivity contribution is 7.80. The van der Waals surface area contributed by atoms with E-state index in [9.17, 15) is 4.79 Å². The van der Waals surface area contributed by atoms with E-state index in [0.29, 0.717) is 11.8 Å². The molecular weight excluding hydrogens is 184 g/mol. The summed E-state index contributed by atoms with van der Waals surface area (Å²) in [6.07, 6.45) is 1.07. The van der Waals surface area contributed by atoms with Crippen LogP contribution in [0.4, 0.5) is 0 Å². The molecule has 0 aromatic heterocycles. The minimum Gasteiger partial charge on any atom is -0.358 e. The topological polar surface area (TPSA) is 32.3 Å². The summed E-state index contributed by atoms with van der Waals surface area (Å²) in [6.45, 7) is 6.45. The van der Waals surface area contributed by atoms with Crippen LogP contribution in [0, 0.1) is 0 Å². The number of amides is 1. The second kappa shape index (κ2) is 7.21. The van der Waals surface area contributed by atoms with Gasteiger partial charge < -0.3 is 5.32 Å². The first kappa shape index (κ1) is 12.8. The number of carbonyl (C=O) groups is 1. The van der Waals surface area contributed by atoms with Crippen molar-refractivity contribution in [3.05, 3.63) is 0 Å².